The van der Waals surface area contributed by atoms with Crippen LogP contribution in [0, 0.1) is 12.3 Å². The van der Waals surface area contributed by atoms with Crippen LogP contribution in [0.2, 0.25) is 5.02 Å². The summed E-state index contributed by atoms with van der Waals surface area (Å²) in [6, 6.07) is 21.9. The number of hydrogen-bond acceptors (Lipinski definition) is 6. The Bertz CT molecular complexity index is 1340. The molecular formula is C26H19ClN4O2S. The van der Waals surface area contributed by atoms with Gasteiger partial charge in [0, 0.05) is 32.8 Å². The van der Waals surface area contributed by atoms with E-state index in [-0.39, 0.29) is 12.5 Å². The highest BCUT2D eigenvalue weighted by Crippen LogP contribution is 2.28. The third kappa shape index (κ3) is 6.01. The lowest BCUT2D eigenvalue weighted by Gasteiger charge is -2.05. The second-order valence-electron chi connectivity index (χ2n) is 6.98. The molecule has 8 heteroatoms. The molecule has 0 bridgehead atoms. The highest BCUT2D eigenvalue weighted by atomic mass is 35.5. The van der Waals surface area contributed by atoms with Crippen LogP contribution in [0.3, 0.4) is 0 Å². The lowest BCUT2D eigenvalue weighted by atomic mass is 10.1. The zero-order valence-corrected chi connectivity index (χ0v) is 19.4. The van der Waals surface area contributed by atoms with Crippen LogP contribution in [0.4, 0.5) is 10.8 Å². The summed E-state index contributed by atoms with van der Waals surface area (Å²) in [5.41, 5.74) is 6.34. The number of hydrogen-bond donors (Lipinski definition) is 2. The van der Waals surface area contributed by atoms with Gasteiger partial charge in [-0.15, -0.1) is 17.8 Å². The average Bonchev–Trinajstić information content (AvgIpc) is 3.33. The van der Waals surface area contributed by atoms with Gasteiger partial charge in [-0.25, -0.2) is 10.4 Å². The number of amides is 1. The summed E-state index contributed by atoms with van der Waals surface area (Å²) in [4.78, 5) is 17.1. The molecule has 34 heavy (non-hydrogen) atoms. The number of ether oxygens (including phenoxy) is 1. The van der Waals surface area contributed by atoms with Gasteiger partial charge in [-0.3, -0.25) is 4.79 Å². The SMILES string of the molecule is C#CCOc1ccccc1/C=N\NC(=O)c1ccc(-c2csc(Nc3ccc(Cl)cc3)n2)cc1. The highest BCUT2D eigenvalue weighted by Gasteiger charge is 2.08. The van der Waals surface area contributed by atoms with Crippen LogP contribution in [0.1, 0.15) is 15.9 Å². The van der Waals surface area contributed by atoms with E-state index in [0.29, 0.717) is 21.9 Å². The Morgan fingerprint density at radius 2 is 1.88 bits per heavy atom. The fourth-order valence-corrected chi connectivity index (χ4v) is 3.84. The van der Waals surface area contributed by atoms with Crippen molar-refractivity contribution in [1.29, 1.82) is 0 Å². The van der Waals surface area contributed by atoms with E-state index in [1.165, 1.54) is 17.6 Å². The summed E-state index contributed by atoms with van der Waals surface area (Å²) in [5.74, 6) is 2.69. The van der Waals surface area contributed by atoms with Crippen molar-refractivity contribution in [3.05, 3.63) is 94.3 Å². The van der Waals surface area contributed by atoms with E-state index in [1.54, 1.807) is 18.2 Å². The van der Waals surface area contributed by atoms with E-state index in [0.717, 1.165) is 22.1 Å². The molecule has 0 radical (unpaired) electrons. The van der Waals surface area contributed by atoms with Crippen LogP contribution >= 0.6 is 22.9 Å². The van der Waals surface area contributed by atoms with E-state index < -0.39 is 0 Å². The molecule has 3 aromatic carbocycles. The molecular weight excluding hydrogens is 468 g/mol. The summed E-state index contributed by atoms with van der Waals surface area (Å²) in [5, 5.41) is 10.7. The molecule has 0 saturated carbocycles. The molecule has 0 aliphatic rings. The molecule has 168 valence electrons. The maximum atomic E-state index is 12.5. The van der Waals surface area contributed by atoms with Crippen molar-refractivity contribution in [2.75, 3.05) is 11.9 Å². The number of terminal acetylenes is 1. The number of nitrogens with zero attached hydrogens (tertiary/aromatic N) is 2. The molecule has 0 atom stereocenters. The van der Waals surface area contributed by atoms with Crippen molar-refractivity contribution in [3.8, 4) is 29.4 Å². The Morgan fingerprint density at radius 1 is 1.12 bits per heavy atom. The van der Waals surface area contributed by atoms with Gasteiger partial charge in [-0.2, -0.15) is 5.10 Å². The summed E-state index contributed by atoms with van der Waals surface area (Å²) in [6.07, 6.45) is 6.76. The van der Waals surface area contributed by atoms with E-state index in [9.17, 15) is 4.79 Å². The molecule has 2 N–H and O–H groups in total. The maximum Gasteiger partial charge on any atom is 0.271 e. The number of carbonyl (C=O) groups is 1. The lowest BCUT2D eigenvalue weighted by Crippen LogP contribution is -2.17. The number of halogens is 1. The summed E-state index contributed by atoms with van der Waals surface area (Å²) in [6.45, 7) is 0.154. The molecule has 0 saturated heterocycles. The van der Waals surface area contributed by atoms with Gasteiger partial charge >= 0.3 is 0 Å². The van der Waals surface area contributed by atoms with Crippen LogP contribution in [-0.2, 0) is 0 Å². The minimum absolute atomic E-state index is 0.154. The smallest absolute Gasteiger partial charge is 0.271 e. The molecule has 0 aliphatic heterocycles. The number of nitrogens with one attached hydrogen (secondary N) is 2. The summed E-state index contributed by atoms with van der Waals surface area (Å²) >= 11 is 7.42. The number of para-hydroxylation sites is 1. The second kappa shape index (κ2) is 11.1. The molecule has 1 aromatic heterocycles. The standard InChI is InChI=1S/C26H19ClN4O2S/c1-2-15-33-24-6-4-3-5-20(24)16-28-31-25(32)19-9-7-18(8-10-19)23-17-34-26(30-23)29-22-13-11-21(27)12-14-22/h1,3-14,16-17H,15H2,(H,29,30)(H,31,32)/b28-16-. The number of rotatable bonds is 8. The largest absolute Gasteiger partial charge is 0.480 e. The summed E-state index contributed by atoms with van der Waals surface area (Å²) < 4.78 is 5.47. The fraction of sp³-hybridized carbons (Fsp3) is 0.0385. The van der Waals surface area contributed by atoms with Gasteiger partial charge in [-0.1, -0.05) is 41.8 Å². The van der Waals surface area contributed by atoms with Crippen LogP contribution in [-0.4, -0.2) is 23.7 Å². The topological polar surface area (TPSA) is 75.6 Å². The first-order chi connectivity index (χ1) is 16.6. The van der Waals surface area contributed by atoms with Crippen molar-refractivity contribution in [3.63, 3.8) is 0 Å². The van der Waals surface area contributed by atoms with Crippen LogP contribution in [0.25, 0.3) is 11.3 Å². The van der Waals surface area contributed by atoms with Gasteiger partial charge in [0.15, 0.2) is 5.13 Å². The first-order valence-electron chi connectivity index (χ1n) is 10.2. The number of benzene rings is 3. The van der Waals surface area contributed by atoms with Gasteiger partial charge in [0.05, 0.1) is 11.9 Å². The molecule has 0 fully saturated rings. The molecule has 4 rings (SSSR count). The normalized spacial score (nSPS) is 10.6. The molecule has 0 aliphatic carbocycles. The first-order valence-corrected chi connectivity index (χ1v) is 11.5. The Hall–Kier alpha value is -4.12. The Balaban J connectivity index is 1.37. The number of hydrazone groups is 1. The van der Waals surface area contributed by atoms with Crippen LogP contribution in [0.5, 0.6) is 5.75 Å². The van der Waals surface area contributed by atoms with Crippen molar-refractivity contribution >= 4 is 45.9 Å². The van der Waals surface area contributed by atoms with E-state index in [4.69, 9.17) is 22.8 Å². The minimum Gasteiger partial charge on any atom is -0.480 e. The van der Waals surface area contributed by atoms with Gasteiger partial charge in [0.2, 0.25) is 0 Å². The number of thiazole rings is 1. The average molecular weight is 487 g/mol. The molecule has 0 unspecified atom stereocenters. The van der Waals surface area contributed by atoms with Gasteiger partial charge < -0.3 is 10.1 Å². The van der Waals surface area contributed by atoms with Crippen LogP contribution in [0.15, 0.2) is 83.3 Å². The zero-order valence-electron chi connectivity index (χ0n) is 17.9. The number of anilines is 2. The molecule has 1 heterocycles. The summed E-state index contributed by atoms with van der Waals surface area (Å²) in [7, 11) is 0. The second-order valence-corrected chi connectivity index (χ2v) is 8.27. The third-order valence-corrected chi connectivity index (χ3v) is 5.65. The van der Waals surface area contributed by atoms with E-state index in [2.05, 4.69) is 26.7 Å². The maximum absolute atomic E-state index is 12.5. The molecule has 0 spiro atoms. The number of carbonyl (C=O) groups excluding carboxylic acids is 1. The Labute approximate surface area is 206 Å². The third-order valence-electron chi connectivity index (χ3n) is 4.64. The quantitative estimate of drug-likeness (QED) is 0.182. The monoisotopic (exact) mass is 486 g/mol. The minimum atomic E-state index is -0.326. The lowest BCUT2D eigenvalue weighted by molar-refractivity contribution is 0.0955. The van der Waals surface area contributed by atoms with Crippen LogP contribution < -0.4 is 15.5 Å². The van der Waals surface area contributed by atoms with E-state index in [1.807, 2.05) is 60.0 Å². The Morgan fingerprint density at radius 3 is 2.65 bits per heavy atom. The molecule has 6 nitrogen and oxygen atoms in total. The predicted molar refractivity (Wildman–Crippen MR) is 138 cm³/mol. The van der Waals surface area contributed by atoms with Crippen molar-refractivity contribution < 1.29 is 9.53 Å². The van der Waals surface area contributed by atoms with Crippen molar-refractivity contribution in [2.45, 2.75) is 0 Å². The highest BCUT2D eigenvalue weighted by molar-refractivity contribution is 7.14. The zero-order chi connectivity index (χ0) is 23.8. The predicted octanol–water partition coefficient (Wildman–Crippen LogP) is 5.98. The molecule has 1 amide bonds. The first kappa shape index (κ1) is 23.1. The number of aromatic nitrogens is 1. The van der Waals surface area contributed by atoms with Gasteiger partial charge in [-0.05, 0) is 48.5 Å². The fourth-order valence-electron chi connectivity index (χ4n) is 2.98. The molecule has 4 aromatic rings. The Kier molecular flexibility index (Phi) is 7.56. The van der Waals surface area contributed by atoms with Crippen molar-refractivity contribution in [2.24, 2.45) is 5.10 Å². The van der Waals surface area contributed by atoms with Gasteiger partial charge in [0.25, 0.3) is 5.91 Å². The van der Waals surface area contributed by atoms with E-state index >= 15 is 0 Å². The van der Waals surface area contributed by atoms with Gasteiger partial charge in [0.1, 0.15) is 12.4 Å². The van der Waals surface area contributed by atoms with Crippen molar-refractivity contribution in [1.82, 2.24) is 10.4 Å².